The minimum atomic E-state index is 0. The average molecular weight is 444 g/mol. The Morgan fingerprint density at radius 1 is 1.17 bits per heavy atom. The summed E-state index contributed by atoms with van der Waals surface area (Å²) in [7, 11) is 0. The number of likely N-dealkylation sites (tertiary alicyclic amines) is 1. The molecule has 0 spiro atoms. The Morgan fingerprint density at radius 3 is 2.71 bits per heavy atom. The summed E-state index contributed by atoms with van der Waals surface area (Å²) in [5.41, 5.74) is 8.29. The molecule has 5 heteroatoms. The van der Waals surface area contributed by atoms with Crippen LogP contribution in [0.1, 0.15) is 51.0 Å². The molecule has 0 bridgehead atoms. The molecule has 0 atom stereocenters. The highest BCUT2D eigenvalue weighted by atomic mass is 127. The van der Waals surface area contributed by atoms with Crippen LogP contribution in [-0.2, 0) is 6.42 Å². The summed E-state index contributed by atoms with van der Waals surface area (Å²) in [6.45, 7) is 6.81. The van der Waals surface area contributed by atoms with Gasteiger partial charge >= 0.3 is 0 Å². The Labute approximate surface area is 164 Å². The molecule has 1 fully saturated rings. The molecule has 0 saturated carbocycles. The van der Waals surface area contributed by atoms with E-state index in [1.165, 1.54) is 57.3 Å². The molecule has 1 aliphatic rings. The summed E-state index contributed by atoms with van der Waals surface area (Å²) in [6.07, 6.45) is 8.84. The highest BCUT2D eigenvalue weighted by Crippen LogP contribution is 2.11. The van der Waals surface area contributed by atoms with Crippen molar-refractivity contribution < 1.29 is 0 Å². The van der Waals surface area contributed by atoms with Crippen molar-refractivity contribution in [1.29, 1.82) is 0 Å². The van der Waals surface area contributed by atoms with Crippen LogP contribution in [0.15, 0.2) is 29.3 Å². The van der Waals surface area contributed by atoms with Crippen molar-refractivity contribution >= 4 is 35.6 Å². The van der Waals surface area contributed by atoms with Gasteiger partial charge in [-0.3, -0.25) is 4.99 Å². The third-order valence-corrected chi connectivity index (χ3v) is 4.47. The van der Waals surface area contributed by atoms with Gasteiger partial charge in [-0.05, 0) is 69.4 Å². The van der Waals surface area contributed by atoms with E-state index in [-0.39, 0.29) is 24.0 Å². The number of anilines is 1. The molecule has 0 radical (unpaired) electrons. The van der Waals surface area contributed by atoms with Crippen LogP contribution in [0.2, 0.25) is 0 Å². The second kappa shape index (κ2) is 12.5. The lowest BCUT2D eigenvalue weighted by atomic mass is 10.1. The summed E-state index contributed by atoms with van der Waals surface area (Å²) in [4.78, 5) is 7.03. The molecule has 24 heavy (non-hydrogen) atoms. The highest BCUT2D eigenvalue weighted by Gasteiger charge is 2.08. The minimum Gasteiger partial charge on any atom is -0.370 e. The van der Waals surface area contributed by atoms with E-state index in [9.17, 15) is 0 Å². The maximum Gasteiger partial charge on any atom is 0.193 e. The third-order valence-electron chi connectivity index (χ3n) is 4.47. The number of hydrogen-bond acceptors (Lipinski definition) is 2. The van der Waals surface area contributed by atoms with Crippen molar-refractivity contribution in [2.45, 2.75) is 51.9 Å². The minimum absolute atomic E-state index is 0. The van der Waals surface area contributed by atoms with E-state index in [0.717, 1.165) is 25.1 Å². The largest absolute Gasteiger partial charge is 0.370 e. The quantitative estimate of drug-likeness (QED) is 0.273. The number of halogens is 1. The van der Waals surface area contributed by atoms with Gasteiger partial charge in [0, 0.05) is 12.2 Å². The zero-order valence-corrected chi connectivity index (χ0v) is 17.3. The van der Waals surface area contributed by atoms with Crippen LogP contribution in [0.25, 0.3) is 0 Å². The van der Waals surface area contributed by atoms with Gasteiger partial charge in [-0.25, -0.2) is 0 Å². The van der Waals surface area contributed by atoms with Gasteiger partial charge in [0.25, 0.3) is 0 Å². The van der Waals surface area contributed by atoms with Gasteiger partial charge in [0.05, 0.1) is 0 Å². The first-order valence-electron chi connectivity index (χ1n) is 9.16. The molecule has 0 aliphatic carbocycles. The summed E-state index contributed by atoms with van der Waals surface area (Å²) in [5, 5.41) is 3.18. The molecule has 3 N–H and O–H groups in total. The van der Waals surface area contributed by atoms with Crippen LogP contribution in [0.3, 0.4) is 0 Å². The van der Waals surface area contributed by atoms with Gasteiger partial charge in [0.15, 0.2) is 5.96 Å². The van der Waals surface area contributed by atoms with Crippen LogP contribution >= 0.6 is 24.0 Å². The Bertz CT molecular complexity index is 484. The molecule has 1 saturated heterocycles. The first kappa shape index (κ1) is 21.2. The fourth-order valence-electron chi connectivity index (χ4n) is 3.06. The number of guanidine groups is 1. The molecule has 1 aromatic carbocycles. The normalized spacial score (nSPS) is 15.8. The van der Waals surface area contributed by atoms with E-state index in [0.29, 0.717) is 5.96 Å². The Hall–Kier alpha value is -0.820. The number of nitrogens with one attached hydrogen (secondary N) is 1. The number of benzene rings is 1. The SMILES string of the molecule is CCc1cccc(NC(N)=NCCCCCN2CCCCC2)c1.I. The van der Waals surface area contributed by atoms with Crippen LogP contribution < -0.4 is 11.1 Å². The van der Waals surface area contributed by atoms with Gasteiger partial charge < -0.3 is 16.0 Å². The van der Waals surface area contributed by atoms with E-state index >= 15 is 0 Å². The fraction of sp³-hybridized carbons (Fsp3) is 0.632. The molecule has 136 valence electrons. The van der Waals surface area contributed by atoms with Crippen molar-refractivity contribution in [3.8, 4) is 0 Å². The molecule has 4 nitrogen and oxygen atoms in total. The smallest absolute Gasteiger partial charge is 0.193 e. The maximum atomic E-state index is 5.96. The number of rotatable bonds is 8. The summed E-state index contributed by atoms with van der Waals surface area (Å²) in [6, 6.07) is 8.33. The zero-order valence-electron chi connectivity index (χ0n) is 15.0. The topological polar surface area (TPSA) is 53.6 Å². The highest BCUT2D eigenvalue weighted by molar-refractivity contribution is 14.0. The van der Waals surface area contributed by atoms with Gasteiger partial charge in [-0.2, -0.15) is 0 Å². The van der Waals surface area contributed by atoms with Crippen LogP contribution in [0.5, 0.6) is 0 Å². The molecule has 1 aliphatic heterocycles. The second-order valence-electron chi connectivity index (χ2n) is 6.41. The average Bonchev–Trinajstić information content (AvgIpc) is 2.59. The zero-order chi connectivity index (χ0) is 16.3. The Morgan fingerprint density at radius 2 is 1.96 bits per heavy atom. The summed E-state index contributed by atoms with van der Waals surface area (Å²) in [5.74, 6) is 0.522. The predicted molar refractivity (Wildman–Crippen MR) is 115 cm³/mol. The monoisotopic (exact) mass is 444 g/mol. The number of aliphatic imine (C=N–C) groups is 1. The lowest BCUT2D eigenvalue weighted by Crippen LogP contribution is -2.30. The first-order chi connectivity index (χ1) is 11.3. The number of nitrogens with two attached hydrogens (primary N) is 1. The van der Waals surface area contributed by atoms with E-state index in [2.05, 4.69) is 40.3 Å². The van der Waals surface area contributed by atoms with Gasteiger partial charge in [-0.1, -0.05) is 31.9 Å². The van der Waals surface area contributed by atoms with E-state index in [1.807, 2.05) is 6.07 Å². The van der Waals surface area contributed by atoms with Crippen molar-refractivity contribution in [1.82, 2.24) is 4.90 Å². The van der Waals surface area contributed by atoms with Crippen LogP contribution in [0.4, 0.5) is 5.69 Å². The van der Waals surface area contributed by atoms with Crippen LogP contribution in [0, 0.1) is 0 Å². The molecule has 1 aromatic rings. The van der Waals surface area contributed by atoms with Crippen molar-refractivity contribution in [2.24, 2.45) is 10.7 Å². The molecular formula is C19H33IN4. The molecule has 0 aromatic heterocycles. The Kier molecular flexibility index (Phi) is 11.1. The summed E-state index contributed by atoms with van der Waals surface area (Å²) < 4.78 is 0. The van der Waals surface area contributed by atoms with Crippen LogP contribution in [-0.4, -0.2) is 37.0 Å². The molecular weight excluding hydrogens is 411 g/mol. The molecule has 0 unspecified atom stereocenters. The van der Waals surface area contributed by atoms with Crippen molar-refractivity contribution in [3.05, 3.63) is 29.8 Å². The Balaban J connectivity index is 0.00000288. The number of unbranched alkanes of at least 4 members (excludes halogenated alkanes) is 2. The van der Waals surface area contributed by atoms with E-state index in [4.69, 9.17) is 5.73 Å². The van der Waals surface area contributed by atoms with Gasteiger partial charge in [-0.15, -0.1) is 24.0 Å². The van der Waals surface area contributed by atoms with Gasteiger partial charge in [0.2, 0.25) is 0 Å². The number of nitrogens with zero attached hydrogens (tertiary/aromatic N) is 2. The number of piperidine rings is 1. The number of hydrogen-bond donors (Lipinski definition) is 2. The fourth-order valence-corrected chi connectivity index (χ4v) is 3.06. The van der Waals surface area contributed by atoms with Crippen molar-refractivity contribution in [2.75, 3.05) is 31.5 Å². The lowest BCUT2D eigenvalue weighted by molar-refractivity contribution is 0.224. The predicted octanol–water partition coefficient (Wildman–Crippen LogP) is 4.25. The van der Waals surface area contributed by atoms with Crippen molar-refractivity contribution in [3.63, 3.8) is 0 Å². The summed E-state index contributed by atoms with van der Waals surface area (Å²) >= 11 is 0. The lowest BCUT2D eigenvalue weighted by Gasteiger charge is -2.26. The van der Waals surface area contributed by atoms with E-state index < -0.39 is 0 Å². The van der Waals surface area contributed by atoms with E-state index in [1.54, 1.807) is 0 Å². The standard InChI is InChI=1S/C19H32N4.HI/c1-2-17-10-9-11-18(16-17)22-19(20)21-12-5-3-6-13-23-14-7-4-8-15-23;/h9-11,16H,2-8,12-15H2,1H3,(H3,20,21,22);1H. The first-order valence-corrected chi connectivity index (χ1v) is 9.16. The molecule has 0 amide bonds. The second-order valence-corrected chi connectivity index (χ2v) is 6.41. The number of aryl methyl sites for hydroxylation is 1. The molecule has 2 rings (SSSR count). The maximum absolute atomic E-state index is 5.96. The molecule has 1 heterocycles. The third kappa shape index (κ3) is 8.33. The van der Waals surface area contributed by atoms with Gasteiger partial charge in [0.1, 0.15) is 0 Å².